The monoisotopic (exact) mass is 382 g/mol. The molecular formula is C21H26N4O3. The second-order valence-electron chi connectivity index (χ2n) is 6.67. The maximum absolute atomic E-state index is 9.83. The molecule has 0 fully saturated rings. The highest BCUT2D eigenvalue weighted by molar-refractivity contribution is 5.67. The van der Waals surface area contributed by atoms with Crippen LogP contribution >= 0.6 is 0 Å². The van der Waals surface area contributed by atoms with Gasteiger partial charge < -0.3 is 19.7 Å². The van der Waals surface area contributed by atoms with Gasteiger partial charge in [0.05, 0.1) is 17.0 Å². The van der Waals surface area contributed by atoms with Crippen molar-refractivity contribution in [2.75, 3.05) is 20.2 Å². The SMILES string of the molecule is CCc1cc(-c2c(C)noc2C)nc(-c2cccc(OCC(O)CNC)c2)n1. The lowest BCUT2D eigenvalue weighted by atomic mass is 10.1. The van der Waals surface area contributed by atoms with E-state index in [0.29, 0.717) is 18.1 Å². The Kier molecular flexibility index (Phi) is 6.38. The minimum Gasteiger partial charge on any atom is -0.491 e. The summed E-state index contributed by atoms with van der Waals surface area (Å²) >= 11 is 0. The first-order valence-electron chi connectivity index (χ1n) is 9.39. The summed E-state index contributed by atoms with van der Waals surface area (Å²) in [5.74, 6) is 2.02. The van der Waals surface area contributed by atoms with E-state index in [1.54, 1.807) is 7.05 Å². The molecule has 7 nitrogen and oxygen atoms in total. The molecule has 28 heavy (non-hydrogen) atoms. The van der Waals surface area contributed by atoms with E-state index in [-0.39, 0.29) is 6.61 Å². The number of aliphatic hydroxyl groups excluding tert-OH is 1. The van der Waals surface area contributed by atoms with Gasteiger partial charge in [0.1, 0.15) is 24.2 Å². The fourth-order valence-electron chi connectivity index (χ4n) is 3.00. The molecular weight excluding hydrogens is 356 g/mol. The largest absolute Gasteiger partial charge is 0.491 e. The van der Waals surface area contributed by atoms with Crippen LogP contribution in [0.15, 0.2) is 34.9 Å². The van der Waals surface area contributed by atoms with Crippen LogP contribution in [0.1, 0.15) is 24.1 Å². The van der Waals surface area contributed by atoms with Crippen molar-refractivity contribution in [1.29, 1.82) is 0 Å². The average molecular weight is 382 g/mol. The summed E-state index contributed by atoms with van der Waals surface area (Å²) < 4.78 is 11.0. The lowest BCUT2D eigenvalue weighted by Gasteiger charge is -2.13. The van der Waals surface area contributed by atoms with Gasteiger partial charge >= 0.3 is 0 Å². The second-order valence-corrected chi connectivity index (χ2v) is 6.67. The molecule has 0 saturated carbocycles. The maximum Gasteiger partial charge on any atom is 0.160 e. The quantitative estimate of drug-likeness (QED) is 0.619. The number of likely N-dealkylation sites (N-methyl/N-ethyl adjacent to an activating group) is 1. The number of aromatic nitrogens is 3. The van der Waals surface area contributed by atoms with Crippen LogP contribution in [0.3, 0.4) is 0 Å². The molecule has 0 bridgehead atoms. The summed E-state index contributed by atoms with van der Waals surface area (Å²) in [4.78, 5) is 9.44. The van der Waals surface area contributed by atoms with Crippen molar-refractivity contribution in [1.82, 2.24) is 20.4 Å². The standard InChI is InChI=1S/C21H26N4O3/c1-5-16-10-19(20-13(2)25-28-14(20)3)24-21(23-16)15-7-6-8-18(9-15)27-12-17(26)11-22-4/h6-10,17,22,26H,5,11-12H2,1-4H3. The lowest BCUT2D eigenvalue weighted by molar-refractivity contribution is 0.108. The Hall–Kier alpha value is -2.77. The lowest BCUT2D eigenvalue weighted by Crippen LogP contribution is -2.29. The van der Waals surface area contributed by atoms with Gasteiger partial charge in [0, 0.05) is 17.8 Å². The van der Waals surface area contributed by atoms with Gasteiger partial charge in [0.15, 0.2) is 5.82 Å². The summed E-state index contributed by atoms with van der Waals surface area (Å²) in [5.41, 5.74) is 4.30. The molecule has 2 N–H and O–H groups in total. The summed E-state index contributed by atoms with van der Waals surface area (Å²) in [6.45, 7) is 6.54. The molecule has 3 rings (SSSR count). The van der Waals surface area contributed by atoms with E-state index in [4.69, 9.17) is 14.2 Å². The zero-order valence-corrected chi connectivity index (χ0v) is 16.7. The molecule has 0 amide bonds. The third kappa shape index (κ3) is 4.55. The summed E-state index contributed by atoms with van der Waals surface area (Å²) in [5, 5.41) is 16.8. The molecule has 148 valence electrons. The van der Waals surface area contributed by atoms with Crippen molar-refractivity contribution in [3.8, 4) is 28.4 Å². The number of benzene rings is 1. The molecule has 2 heterocycles. The Morgan fingerprint density at radius 1 is 1.21 bits per heavy atom. The number of nitrogens with zero attached hydrogens (tertiary/aromatic N) is 3. The normalized spacial score (nSPS) is 12.2. The van der Waals surface area contributed by atoms with Crippen molar-refractivity contribution in [3.05, 3.63) is 47.5 Å². The first-order chi connectivity index (χ1) is 13.5. The Bertz CT molecular complexity index is 920. The van der Waals surface area contributed by atoms with Crippen LogP contribution in [0.2, 0.25) is 0 Å². The van der Waals surface area contributed by atoms with Crippen molar-refractivity contribution in [2.45, 2.75) is 33.3 Å². The predicted molar refractivity (Wildman–Crippen MR) is 107 cm³/mol. The molecule has 0 aliphatic carbocycles. The zero-order chi connectivity index (χ0) is 20.1. The number of hydrogen-bond acceptors (Lipinski definition) is 7. The van der Waals surface area contributed by atoms with Gasteiger partial charge in [0.25, 0.3) is 0 Å². The molecule has 2 aromatic heterocycles. The van der Waals surface area contributed by atoms with Gasteiger partial charge in [-0.2, -0.15) is 0 Å². The Balaban J connectivity index is 1.93. The van der Waals surface area contributed by atoms with E-state index < -0.39 is 6.10 Å². The molecule has 7 heteroatoms. The number of rotatable bonds is 8. The van der Waals surface area contributed by atoms with E-state index in [0.717, 1.165) is 40.4 Å². The molecule has 0 aliphatic rings. The molecule has 1 atom stereocenters. The predicted octanol–water partition coefficient (Wildman–Crippen LogP) is 2.94. The van der Waals surface area contributed by atoms with Gasteiger partial charge in [-0.25, -0.2) is 9.97 Å². The third-order valence-electron chi connectivity index (χ3n) is 4.41. The van der Waals surface area contributed by atoms with Crippen LogP contribution in [0.4, 0.5) is 0 Å². The van der Waals surface area contributed by atoms with Crippen LogP contribution in [0.5, 0.6) is 5.75 Å². The molecule has 1 aromatic carbocycles. The van der Waals surface area contributed by atoms with E-state index in [9.17, 15) is 5.11 Å². The molecule has 0 radical (unpaired) electrons. The van der Waals surface area contributed by atoms with E-state index >= 15 is 0 Å². The van der Waals surface area contributed by atoms with E-state index in [2.05, 4.69) is 22.4 Å². The highest BCUT2D eigenvalue weighted by atomic mass is 16.5. The van der Waals surface area contributed by atoms with Crippen molar-refractivity contribution in [3.63, 3.8) is 0 Å². The van der Waals surface area contributed by atoms with Crippen LogP contribution in [0.25, 0.3) is 22.6 Å². The Morgan fingerprint density at radius 2 is 2.04 bits per heavy atom. The number of ether oxygens (including phenoxy) is 1. The fourth-order valence-corrected chi connectivity index (χ4v) is 3.00. The first-order valence-corrected chi connectivity index (χ1v) is 9.39. The van der Waals surface area contributed by atoms with Crippen molar-refractivity contribution >= 4 is 0 Å². The van der Waals surface area contributed by atoms with Crippen LogP contribution in [-0.4, -0.2) is 46.5 Å². The first kappa shape index (κ1) is 20.0. The number of hydrogen-bond donors (Lipinski definition) is 2. The maximum atomic E-state index is 9.83. The van der Waals surface area contributed by atoms with Gasteiger partial charge in [-0.15, -0.1) is 0 Å². The zero-order valence-electron chi connectivity index (χ0n) is 16.7. The summed E-state index contributed by atoms with van der Waals surface area (Å²) in [6, 6.07) is 9.56. The summed E-state index contributed by atoms with van der Waals surface area (Å²) in [7, 11) is 1.79. The second kappa shape index (κ2) is 8.95. The molecule has 0 saturated heterocycles. The van der Waals surface area contributed by atoms with Gasteiger partial charge in [-0.05, 0) is 45.5 Å². The number of aryl methyl sites for hydroxylation is 3. The van der Waals surface area contributed by atoms with Crippen LogP contribution in [0, 0.1) is 13.8 Å². The summed E-state index contributed by atoms with van der Waals surface area (Å²) in [6.07, 6.45) is 0.220. The molecule has 0 spiro atoms. The average Bonchev–Trinajstić information content (AvgIpc) is 3.04. The third-order valence-corrected chi connectivity index (χ3v) is 4.41. The highest BCUT2D eigenvalue weighted by Gasteiger charge is 2.16. The number of aliphatic hydroxyl groups is 1. The van der Waals surface area contributed by atoms with Gasteiger partial charge in [-0.1, -0.05) is 24.2 Å². The molecule has 0 aliphatic heterocycles. The van der Waals surface area contributed by atoms with Crippen molar-refractivity contribution in [2.24, 2.45) is 0 Å². The molecule has 1 unspecified atom stereocenters. The van der Waals surface area contributed by atoms with Crippen LogP contribution in [-0.2, 0) is 6.42 Å². The highest BCUT2D eigenvalue weighted by Crippen LogP contribution is 2.29. The number of nitrogens with one attached hydrogen (secondary N) is 1. The Morgan fingerprint density at radius 3 is 2.71 bits per heavy atom. The minimum absolute atomic E-state index is 0.213. The van der Waals surface area contributed by atoms with Crippen molar-refractivity contribution < 1.29 is 14.4 Å². The smallest absolute Gasteiger partial charge is 0.160 e. The van der Waals surface area contributed by atoms with Gasteiger partial charge in [0.2, 0.25) is 0 Å². The fraction of sp³-hybridized carbons (Fsp3) is 0.381. The van der Waals surface area contributed by atoms with E-state index in [1.165, 1.54) is 0 Å². The minimum atomic E-state index is -0.570. The van der Waals surface area contributed by atoms with Crippen LogP contribution < -0.4 is 10.1 Å². The topological polar surface area (TPSA) is 93.3 Å². The van der Waals surface area contributed by atoms with E-state index in [1.807, 2.05) is 44.2 Å². The molecule has 3 aromatic rings. The Labute approximate surface area is 164 Å². The van der Waals surface area contributed by atoms with Gasteiger partial charge in [-0.3, -0.25) is 0 Å².